The molecule has 0 bridgehead atoms. The Morgan fingerprint density at radius 1 is 0.941 bits per heavy atom. The standard InChI is InChI=1S/C16H19.Hf/c1-16(2,3)15-8-7-13-9-11-5-4-6-12(11)10-14(13)15;/h7-10H,4-6H2,1-3H3;. The number of rotatable bonds is 0. The Morgan fingerprint density at radius 2 is 1.59 bits per heavy atom. The minimum atomic E-state index is 0. The minimum absolute atomic E-state index is 0. The van der Waals surface area contributed by atoms with E-state index in [9.17, 15) is 0 Å². The Hall–Kier alpha value is -0.170. The molecule has 0 aliphatic heterocycles. The molecule has 1 aromatic carbocycles. The second-order valence-corrected chi connectivity index (χ2v) is 6.06. The summed E-state index contributed by atoms with van der Waals surface area (Å²) in [7, 11) is 0. The largest absolute Gasteiger partial charge is 0.0716 e. The van der Waals surface area contributed by atoms with Crippen molar-refractivity contribution in [2.24, 2.45) is 5.41 Å². The summed E-state index contributed by atoms with van der Waals surface area (Å²) in [6.07, 6.45) is 8.49. The fourth-order valence-corrected chi connectivity index (χ4v) is 2.93. The molecule has 1 radical (unpaired) electrons. The van der Waals surface area contributed by atoms with Gasteiger partial charge in [-0.3, -0.25) is 0 Å². The number of fused-ring (bicyclic) bond motifs is 2. The zero-order chi connectivity index (χ0) is 11.3. The van der Waals surface area contributed by atoms with Crippen molar-refractivity contribution in [1.29, 1.82) is 0 Å². The van der Waals surface area contributed by atoms with Crippen LogP contribution in [0.5, 0.6) is 0 Å². The van der Waals surface area contributed by atoms with Crippen LogP contribution in [0.3, 0.4) is 0 Å². The maximum atomic E-state index is 2.44. The summed E-state index contributed by atoms with van der Waals surface area (Å²) in [6, 6.07) is 4.85. The Balaban J connectivity index is 0.00000108. The molecule has 0 spiro atoms. The van der Waals surface area contributed by atoms with Gasteiger partial charge in [-0.2, -0.15) is 0 Å². The number of aryl methyl sites for hydroxylation is 2. The van der Waals surface area contributed by atoms with Gasteiger partial charge in [-0.1, -0.05) is 45.1 Å². The van der Waals surface area contributed by atoms with Gasteiger partial charge in [0, 0.05) is 31.8 Å². The van der Waals surface area contributed by atoms with E-state index in [-0.39, 0.29) is 31.3 Å². The molecule has 0 saturated carbocycles. The molecule has 2 aliphatic rings. The fraction of sp³-hybridized carbons (Fsp3) is 0.438. The van der Waals surface area contributed by atoms with E-state index in [0.29, 0.717) is 0 Å². The number of allylic oxidation sites excluding steroid dienone is 1. The van der Waals surface area contributed by atoms with E-state index in [1.54, 1.807) is 11.1 Å². The average Bonchev–Trinajstić information content (AvgIpc) is 2.76. The third-order valence-corrected chi connectivity index (χ3v) is 3.79. The summed E-state index contributed by atoms with van der Waals surface area (Å²) in [5, 5.41) is 0. The van der Waals surface area contributed by atoms with E-state index < -0.39 is 0 Å². The Kier molecular flexibility index (Phi) is 3.51. The van der Waals surface area contributed by atoms with Crippen molar-refractivity contribution in [3.8, 4) is 0 Å². The maximum absolute atomic E-state index is 2.44. The van der Waals surface area contributed by atoms with Crippen LogP contribution in [0, 0.1) is 11.3 Å². The van der Waals surface area contributed by atoms with Crippen molar-refractivity contribution in [3.05, 3.63) is 46.4 Å². The second-order valence-electron chi connectivity index (χ2n) is 6.06. The molecule has 17 heavy (non-hydrogen) atoms. The number of hydrogen-bond donors (Lipinski definition) is 0. The van der Waals surface area contributed by atoms with Gasteiger partial charge in [0.25, 0.3) is 0 Å². The Morgan fingerprint density at radius 3 is 2.24 bits per heavy atom. The van der Waals surface area contributed by atoms with Crippen molar-refractivity contribution in [2.45, 2.75) is 40.0 Å². The normalized spacial score (nSPS) is 17.8. The summed E-state index contributed by atoms with van der Waals surface area (Å²) < 4.78 is 0. The molecule has 0 N–H and O–H groups in total. The smallest absolute Gasteiger partial charge is 0.0326 e. The topological polar surface area (TPSA) is 0 Å². The van der Waals surface area contributed by atoms with E-state index in [0.717, 1.165) is 0 Å². The quantitative estimate of drug-likeness (QED) is 0.584. The van der Waals surface area contributed by atoms with Gasteiger partial charge in [-0.25, -0.2) is 0 Å². The molecule has 1 aromatic rings. The van der Waals surface area contributed by atoms with Crippen LogP contribution in [0.15, 0.2) is 18.2 Å². The summed E-state index contributed by atoms with van der Waals surface area (Å²) in [5.41, 5.74) is 6.34. The predicted octanol–water partition coefficient (Wildman–Crippen LogP) is 4.17. The van der Waals surface area contributed by atoms with E-state index in [1.165, 1.54) is 36.3 Å². The molecule has 0 heterocycles. The monoisotopic (exact) mass is 391 g/mol. The van der Waals surface area contributed by atoms with Crippen LogP contribution < -0.4 is 0 Å². The van der Waals surface area contributed by atoms with Gasteiger partial charge < -0.3 is 0 Å². The van der Waals surface area contributed by atoms with Gasteiger partial charge in [0.15, 0.2) is 0 Å². The first-order valence-corrected chi connectivity index (χ1v) is 6.27. The summed E-state index contributed by atoms with van der Waals surface area (Å²) in [5.74, 6) is 1.50. The zero-order valence-corrected chi connectivity index (χ0v) is 14.5. The SMILES string of the molecule is CC(C)(C)[C]1C=Cc2cc3c(cc21)CCC3.[Hf]. The summed E-state index contributed by atoms with van der Waals surface area (Å²) in [4.78, 5) is 0. The van der Waals surface area contributed by atoms with Crippen LogP contribution in [0.2, 0.25) is 0 Å². The molecule has 0 unspecified atom stereocenters. The van der Waals surface area contributed by atoms with Gasteiger partial charge >= 0.3 is 0 Å². The molecule has 0 aromatic heterocycles. The third-order valence-electron chi connectivity index (χ3n) is 3.79. The molecule has 0 fully saturated rings. The van der Waals surface area contributed by atoms with Gasteiger partial charge in [0.1, 0.15) is 0 Å². The van der Waals surface area contributed by atoms with Gasteiger partial charge in [-0.15, -0.1) is 0 Å². The summed E-state index contributed by atoms with van der Waals surface area (Å²) in [6.45, 7) is 6.90. The van der Waals surface area contributed by atoms with E-state index >= 15 is 0 Å². The molecule has 87 valence electrons. The molecule has 0 atom stereocenters. The van der Waals surface area contributed by atoms with Crippen LogP contribution in [-0.4, -0.2) is 0 Å². The Labute approximate surface area is 123 Å². The third kappa shape index (κ3) is 2.23. The van der Waals surface area contributed by atoms with Crippen LogP contribution in [0.1, 0.15) is 49.4 Å². The molecular weight excluding hydrogens is 371 g/mol. The van der Waals surface area contributed by atoms with Crippen molar-refractivity contribution in [2.75, 3.05) is 0 Å². The van der Waals surface area contributed by atoms with E-state index in [1.807, 2.05) is 0 Å². The first-order chi connectivity index (χ1) is 7.55. The van der Waals surface area contributed by atoms with Crippen LogP contribution >= 0.6 is 0 Å². The van der Waals surface area contributed by atoms with Crippen LogP contribution in [0.4, 0.5) is 0 Å². The van der Waals surface area contributed by atoms with Crippen LogP contribution in [0.25, 0.3) is 6.08 Å². The zero-order valence-electron chi connectivity index (χ0n) is 10.9. The Bertz CT molecular complexity index is 463. The maximum Gasteiger partial charge on any atom is 0.0326 e. The molecule has 0 nitrogen and oxygen atoms in total. The first-order valence-electron chi connectivity index (χ1n) is 6.27. The van der Waals surface area contributed by atoms with Gasteiger partial charge in [0.2, 0.25) is 0 Å². The molecule has 1 heteroatoms. The minimum Gasteiger partial charge on any atom is -0.0716 e. The molecule has 0 saturated heterocycles. The summed E-state index contributed by atoms with van der Waals surface area (Å²) >= 11 is 0. The second kappa shape index (κ2) is 4.50. The van der Waals surface area contributed by atoms with Crippen molar-refractivity contribution in [1.82, 2.24) is 0 Å². The molecular formula is C16H19Hf. The van der Waals surface area contributed by atoms with Crippen molar-refractivity contribution >= 4 is 6.08 Å². The van der Waals surface area contributed by atoms with Crippen molar-refractivity contribution in [3.63, 3.8) is 0 Å². The molecule has 2 aliphatic carbocycles. The van der Waals surface area contributed by atoms with E-state index in [4.69, 9.17) is 0 Å². The van der Waals surface area contributed by atoms with Gasteiger partial charge in [0.05, 0.1) is 0 Å². The first kappa shape index (κ1) is 13.3. The fourth-order valence-electron chi connectivity index (χ4n) is 2.93. The van der Waals surface area contributed by atoms with E-state index in [2.05, 4.69) is 45.1 Å². The molecule has 3 rings (SSSR count). The average molecular weight is 390 g/mol. The predicted molar refractivity (Wildman–Crippen MR) is 69.3 cm³/mol. The number of hydrogen-bond acceptors (Lipinski definition) is 0. The van der Waals surface area contributed by atoms with Gasteiger partial charge in [-0.05, 0) is 46.9 Å². The number of benzene rings is 1. The van der Waals surface area contributed by atoms with Crippen molar-refractivity contribution < 1.29 is 25.8 Å². The van der Waals surface area contributed by atoms with Crippen LogP contribution in [-0.2, 0) is 38.7 Å². The molecule has 0 amide bonds.